The van der Waals surface area contributed by atoms with Crippen LogP contribution in [0.1, 0.15) is 23.8 Å². The van der Waals surface area contributed by atoms with Gasteiger partial charge in [0.05, 0.1) is 5.75 Å². The maximum atomic E-state index is 11.6. The zero-order valence-corrected chi connectivity index (χ0v) is 11.8. The van der Waals surface area contributed by atoms with Gasteiger partial charge in [-0.25, -0.2) is 8.42 Å². The van der Waals surface area contributed by atoms with Crippen molar-refractivity contribution < 1.29 is 13.2 Å². The van der Waals surface area contributed by atoms with Gasteiger partial charge in [-0.3, -0.25) is 4.79 Å². The van der Waals surface area contributed by atoms with Crippen molar-refractivity contribution in [2.24, 2.45) is 0 Å². The molecule has 0 aliphatic heterocycles. The van der Waals surface area contributed by atoms with Gasteiger partial charge in [0, 0.05) is 19.3 Å². The second kappa shape index (κ2) is 7.03. The minimum atomic E-state index is -3.08. The summed E-state index contributed by atoms with van der Waals surface area (Å²) in [7, 11) is -3.08. The van der Waals surface area contributed by atoms with Crippen LogP contribution in [0.25, 0.3) is 0 Å². The number of hydrogen-bond acceptors (Lipinski definition) is 6. The van der Waals surface area contributed by atoms with Crippen molar-refractivity contribution in [2.75, 3.05) is 30.4 Å². The second-order valence-electron chi connectivity index (χ2n) is 4.12. The number of carbonyl (C=O) groups excluding carboxylic acids is 1. The largest absolute Gasteiger partial charge is 0.369 e. The van der Waals surface area contributed by atoms with E-state index < -0.39 is 15.7 Å². The van der Waals surface area contributed by atoms with Gasteiger partial charge in [-0.15, -0.1) is 10.2 Å². The van der Waals surface area contributed by atoms with Crippen molar-refractivity contribution in [3.8, 4) is 0 Å². The van der Waals surface area contributed by atoms with Crippen LogP contribution in [0.4, 0.5) is 5.82 Å². The van der Waals surface area contributed by atoms with Crippen molar-refractivity contribution in [3.63, 3.8) is 0 Å². The van der Waals surface area contributed by atoms with Crippen LogP contribution < -0.4 is 10.6 Å². The van der Waals surface area contributed by atoms with Crippen LogP contribution in [-0.2, 0) is 9.84 Å². The smallest absolute Gasteiger partial charge is 0.271 e. The van der Waals surface area contributed by atoms with E-state index in [-0.39, 0.29) is 18.0 Å². The van der Waals surface area contributed by atoms with Gasteiger partial charge in [-0.2, -0.15) is 0 Å². The Morgan fingerprint density at radius 3 is 2.53 bits per heavy atom. The minimum absolute atomic E-state index is 0.0647. The van der Waals surface area contributed by atoms with Gasteiger partial charge in [0.2, 0.25) is 0 Å². The third-order valence-corrected chi connectivity index (χ3v) is 3.16. The highest BCUT2D eigenvalue weighted by atomic mass is 32.2. The summed E-state index contributed by atoms with van der Waals surface area (Å²) >= 11 is 0. The molecule has 106 valence electrons. The van der Waals surface area contributed by atoms with Crippen LogP contribution in [0.5, 0.6) is 0 Å². The van der Waals surface area contributed by atoms with E-state index in [0.29, 0.717) is 5.82 Å². The lowest BCUT2D eigenvalue weighted by Gasteiger charge is -2.05. The standard InChI is InChI=1S/C11H18N4O3S/c1-3-6-12-10-5-4-9(14-15-10)11(16)13-7-8-19(2,17)18/h4-5H,3,6-8H2,1-2H3,(H,12,15)(H,13,16). The average Bonchev–Trinajstić information content (AvgIpc) is 2.35. The van der Waals surface area contributed by atoms with E-state index in [2.05, 4.69) is 20.8 Å². The molecule has 1 aromatic heterocycles. The number of nitrogens with zero attached hydrogens (tertiary/aromatic N) is 2. The summed E-state index contributed by atoms with van der Waals surface area (Å²) in [6.07, 6.45) is 2.09. The summed E-state index contributed by atoms with van der Waals surface area (Å²) in [5.74, 6) is 0.0789. The molecule has 0 atom stereocenters. The zero-order valence-electron chi connectivity index (χ0n) is 11.0. The molecule has 1 heterocycles. The molecule has 0 saturated heterocycles. The Bertz CT molecular complexity index is 513. The lowest BCUT2D eigenvalue weighted by molar-refractivity contribution is 0.0950. The van der Waals surface area contributed by atoms with Gasteiger partial charge in [-0.05, 0) is 18.6 Å². The number of anilines is 1. The minimum Gasteiger partial charge on any atom is -0.369 e. The molecule has 0 aromatic carbocycles. The Morgan fingerprint density at radius 1 is 1.26 bits per heavy atom. The van der Waals surface area contributed by atoms with Gasteiger partial charge in [-0.1, -0.05) is 6.92 Å². The third kappa shape index (κ3) is 6.14. The highest BCUT2D eigenvalue weighted by Crippen LogP contribution is 2.01. The van der Waals surface area contributed by atoms with E-state index in [0.717, 1.165) is 19.2 Å². The maximum Gasteiger partial charge on any atom is 0.271 e. The summed E-state index contributed by atoms with van der Waals surface area (Å²) in [6.45, 7) is 2.88. The first kappa shape index (κ1) is 15.4. The molecule has 0 bridgehead atoms. The molecule has 0 unspecified atom stereocenters. The molecular formula is C11H18N4O3S. The quantitative estimate of drug-likeness (QED) is 0.735. The molecule has 2 N–H and O–H groups in total. The molecule has 0 radical (unpaired) electrons. The van der Waals surface area contributed by atoms with Crippen LogP contribution in [0.3, 0.4) is 0 Å². The van der Waals surface area contributed by atoms with E-state index in [1.807, 2.05) is 6.92 Å². The molecule has 7 nitrogen and oxygen atoms in total. The predicted molar refractivity (Wildman–Crippen MR) is 72.9 cm³/mol. The van der Waals surface area contributed by atoms with Gasteiger partial charge in [0.1, 0.15) is 15.7 Å². The molecule has 0 aliphatic carbocycles. The van der Waals surface area contributed by atoms with Crippen molar-refractivity contribution in [3.05, 3.63) is 17.8 Å². The first-order valence-corrected chi connectivity index (χ1v) is 8.02. The summed E-state index contributed by atoms with van der Waals surface area (Å²) < 4.78 is 21.8. The van der Waals surface area contributed by atoms with Crippen LogP contribution in [0.15, 0.2) is 12.1 Å². The van der Waals surface area contributed by atoms with Gasteiger partial charge < -0.3 is 10.6 Å². The average molecular weight is 286 g/mol. The number of amides is 1. The fraction of sp³-hybridized carbons (Fsp3) is 0.545. The van der Waals surface area contributed by atoms with Gasteiger partial charge >= 0.3 is 0 Å². The number of rotatable bonds is 7. The molecule has 1 rings (SSSR count). The summed E-state index contributed by atoms with van der Waals surface area (Å²) in [4.78, 5) is 11.6. The maximum absolute atomic E-state index is 11.6. The lowest BCUT2D eigenvalue weighted by atomic mass is 10.3. The number of hydrogen-bond donors (Lipinski definition) is 2. The summed E-state index contributed by atoms with van der Waals surface area (Å²) in [5, 5.41) is 13.1. The van der Waals surface area contributed by atoms with Gasteiger partial charge in [0.25, 0.3) is 5.91 Å². The Hall–Kier alpha value is -1.70. The molecule has 0 spiro atoms. The molecule has 19 heavy (non-hydrogen) atoms. The highest BCUT2D eigenvalue weighted by Gasteiger charge is 2.09. The number of carbonyl (C=O) groups is 1. The second-order valence-corrected chi connectivity index (χ2v) is 6.38. The van der Waals surface area contributed by atoms with E-state index in [4.69, 9.17) is 0 Å². The first-order chi connectivity index (χ1) is 8.92. The van der Waals surface area contributed by atoms with Crippen molar-refractivity contribution in [1.82, 2.24) is 15.5 Å². The first-order valence-electron chi connectivity index (χ1n) is 5.96. The fourth-order valence-electron chi connectivity index (χ4n) is 1.24. The summed E-state index contributed by atoms with van der Waals surface area (Å²) in [5.41, 5.74) is 0.163. The van der Waals surface area contributed by atoms with Crippen molar-refractivity contribution in [2.45, 2.75) is 13.3 Å². The van der Waals surface area contributed by atoms with E-state index in [1.54, 1.807) is 12.1 Å². The van der Waals surface area contributed by atoms with E-state index in [1.165, 1.54) is 0 Å². The fourth-order valence-corrected chi connectivity index (χ4v) is 1.71. The third-order valence-electron chi connectivity index (χ3n) is 2.21. The van der Waals surface area contributed by atoms with E-state index in [9.17, 15) is 13.2 Å². The topological polar surface area (TPSA) is 101 Å². The molecule has 8 heteroatoms. The predicted octanol–water partition coefficient (Wildman–Crippen LogP) is 0.0729. The van der Waals surface area contributed by atoms with Crippen molar-refractivity contribution >= 4 is 21.6 Å². The Balaban J connectivity index is 2.49. The molecule has 0 saturated carbocycles. The van der Waals surface area contributed by atoms with Crippen LogP contribution in [0, 0.1) is 0 Å². The monoisotopic (exact) mass is 286 g/mol. The molecule has 1 aromatic rings. The normalized spacial score (nSPS) is 11.1. The van der Waals surface area contributed by atoms with Crippen LogP contribution >= 0.6 is 0 Å². The van der Waals surface area contributed by atoms with Crippen LogP contribution in [0.2, 0.25) is 0 Å². The Labute approximate surface area is 112 Å². The number of sulfone groups is 1. The molecular weight excluding hydrogens is 268 g/mol. The number of aromatic nitrogens is 2. The Kier molecular flexibility index (Phi) is 5.68. The molecule has 0 aliphatic rings. The van der Waals surface area contributed by atoms with E-state index >= 15 is 0 Å². The SMILES string of the molecule is CCCNc1ccc(C(=O)NCCS(C)(=O)=O)nn1. The highest BCUT2D eigenvalue weighted by molar-refractivity contribution is 7.90. The van der Waals surface area contributed by atoms with Crippen LogP contribution in [-0.4, -0.2) is 49.6 Å². The summed E-state index contributed by atoms with van der Waals surface area (Å²) in [6, 6.07) is 3.20. The Morgan fingerprint density at radius 2 is 2.00 bits per heavy atom. The van der Waals surface area contributed by atoms with Gasteiger partial charge in [0.15, 0.2) is 5.69 Å². The lowest BCUT2D eigenvalue weighted by Crippen LogP contribution is -2.29. The number of nitrogens with one attached hydrogen (secondary N) is 2. The molecule has 0 fully saturated rings. The molecule has 1 amide bonds. The van der Waals surface area contributed by atoms with Crippen molar-refractivity contribution in [1.29, 1.82) is 0 Å². The zero-order chi connectivity index (χ0) is 14.3.